The Kier molecular flexibility index (Phi) is 18.5. The normalized spacial score (nSPS) is 10.0. The number of rotatable bonds is 8. The van der Waals surface area contributed by atoms with Crippen molar-refractivity contribution >= 4 is 0 Å². The topological polar surface area (TPSA) is 99.4 Å². The number of hydrogen-bond donors (Lipinski definition) is 4. The molecule has 0 bridgehead atoms. The fraction of sp³-hybridized carbons (Fsp3) is 1.00. The van der Waals surface area contributed by atoms with E-state index < -0.39 is 6.29 Å². The molecule has 0 unspecified atom stereocenters. The number of hydrogen-bond acceptors (Lipinski definition) is 6. The predicted octanol–water partition coefficient (Wildman–Crippen LogP) is -1.29. The molecule has 4 N–H and O–H groups in total. The van der Waals surface area contributed by atoms with Gasteiger partial charge in [-0.1, -0.05) is 6.92 Å². The molecular weight excluding hydrogens is 204 g/mol. The van der Waals surface area contributed by atoms with Gasteiger partial charge in [-0.25, -0.2) is 0 Å². The summed E-state index contributed by atoms with van der Waals surface area (Å²) in [5, 5.41) is 32.4. The lowest BCUT2D eigenvalue weighted by Gasteiger charge is -2.01. The van der Waals surface area contributed by atoms with Crippen LogP contribution in [0.25, 0.3) is 0 Å². The maximum absolute atomic E-state index is 8.26. The zero-order chi connectivity index (χ0) is 11.9. The van der Waals surface area contributed by atoms with Gasteiger partial charge in [-0.3, -0.25) is 0 Å². The molecule has 0 atom stereocenters. The highest BCUT2D eigenvalue weighted by molar-refractivity contribution is 4.30. The van der Waals surface area contributed by atoms with Gasteiger partial charge in [-0.15, -0.1) is 0 Å². The second kappa shape index (κ2) is 16.2. The minimum absolute atomic E-state index is 0.0417. The van der Waals surface area contributed by atoms with Crippen LogP contribution < -0.4 is 0 Å². The molecule has 0 aromatic heterocycles. The van der Waals surface area contributed by atoms with Gasteiger partial charge in [-0.05, 0) is 6.42 Å². The molecule has 0 aromatic rings. The Bertz CT molecular complexity index is 90.6. The molecule has 0 aromatic carbocycles. The van der Waals surface area contributed by atoms with Crippen molar-refractivity contribution in [2.24, 2.45) is 0 Å². The summed E-state index contributed by atoms with van der Waals surface area (Å²) in [6.07, 6.45) is -0.699. The standard InChI is InChI=1S/C6H14O4.C3H8O2/c7-1-3-9-5-6-10-4-2-8;1-2-3(4)5/h7-8H,1-6H2;3-5H,2H2,1H3. The van der Waals surface area contributed by atoms with Gasteiger partial charge in [0.15, 0.2) is 6.29 Å². The molecule has 0 aliphatic carbocycles. The lowest BCUT2D eigenvalue weighted by atomic mass is 10.5. The number of aliphatic hydroxyl groups is 4. The van der Waals surface area contributed by atoms with E-state index in [0.717, 1.165) is 0 Å². The smallest absolute Gasteiger partial charge is 0.151 e. The van der Waals surface area contributed by atoms with Crippen molar-refractivity contribution in [1.82, 2.24) is 0 Å². The summed E-state index contributed by atoms with van der Waals surface area (Å²) in [4.78, 5) is 0. The van der Waals surface area contributed by atoms with Crippen LogP contribution in [0.2, 0.25) is 0 Å². The highest BCUT2D eigenvalue weighted by atomic mass is 16.5. The third kappa shape index (κ3) is 24.8. The molecular formula is C9H22O6. The second-order valence-electron chi connectivity index (χ2n) is 2.56. The van der Waals surface area contributed by atoms with Crippen molar-refractivity contribution in [2.45, 2.75) is 19.6 Å². The van der Waals surface area contributed by atoms with Gasteiger partial charge in [0.1, 0.15) is 0 Å². The van der Waals surface area contributed by atoms with E-state index in [9.17, 15) is 0 Å². The third-order valence-corrected chi connectivity index (χ3v) is 1.21. The van der Waals surface area contributed by atoms with Gasteiger partial charge in [-0.2, -0.15) is 0 Å². The minimum atomic E-state index is -1.12. The fourth-order valence-electron chi connectivity index (χ4n) is 0.451. The monoisotopic (exact) mass is 226 g/mol. The summed E-state index contributed by atoms with van der Waals surface area (Å²) >= 11 is 0. The highest BCUT2D eigenvalue weighted by Crippen LogP contribution is 1.77. The van der Waals surface area contributed by atoms with E-state index in [4.69, 9.17) is 29.9 Å². The van der Waals surface area contributed by atoms with Crippen molar-refractivity contribution in [3.8, 4) is 0 Å². The average Bonchev–Trinajstić information content (AvgIpc) is 2.24. The quantitative estimate of drug-likeness (QED) is 0.304. The van der Waals surface area contributed by atoms with Crippen LogP contribution >= 0.6 is 0 Å². The molecule has 0 heterocycles. The van der Waals surface area contributed by atoms with Crippen LogP contribution in [0.15, 0.2) is 0 Å². The summed E-state index contributed by atoms with van der Waals surface area (Å²) in [5.41, 5.74) is 0. The van der Waals surface area contributed by atoms with Crippen LogP contribution in [0.4, 0.5) is 0 Å². The summed E-state index contributed by atoms with van der Waals surface area (Å²) < 4.78 is 9.75. The molecule has 6 nitrogen and oxygen atoms in total. The molecule has 6 heteroatoms. The number of aliphatic hydroxyl groups excluding tert-OH is 3. The van der Waals surface area contributed by atoms with Gasteiger partial charge in [0.05, 0.1) is 39.6 Å². The van der Waals surface area contributed by atoms with Crippen LogP contribution in [0.3, 0.4) is 0 Å². The lowest BCUT2D eigenvalue weighted by molar-refractivity contribution is -0.0413. The van der Waals surface area contributed by atoms with Crippen molar-refractivity contribution < 1.29 is 29.9 Å². The van der Waals surface area contributed by atoms with Crippen LogP contribution in [0.1, 0.15) is 13.3 Å². The average molecular weight is 226 g/mol. The number of ether oxygens (including phenoxy) is 2. The van der Waals surface area contributed by atoms with Gasteiger partial charge >= 0.3 is 0 Å². The maximum Gasteiger partial charge on any atom is 0.151 e. The van der Waals surface area contributed by atoms with E-state index in [-0.39, 0.29) is 13.2 Å². The Balaban J connectivity index is 0. The Morgan fingerprint density at radius 2 is 1.20 bits per heavy atom. The van der Waals surface area contributed by atoms with E-state index in [1.165, 1.54) is 0 Å². The fourth-order valence-corrected chi connectivity index (χ4v) is 0.451. The second-order valence-corrected chi connectivity index (χ2v) is 2.56. The van der Waals surface area contributed by atoms with Crippen LogP contribution in [-0.2, 0) is 9.47 Å². The van der Waals surface area contributed by atoms with E-state index in [0.29, 0.717) is 32.8 Å². The van der Waals surface area contributed by atoms with E-state index in [1.807, 2.05) is 0 Å². The first-order valence-electron chi connectivity index (χ1n) is 4.92. The SMILES string of the molecule is CCC(O)O.OCCOCCOCCO. The van der Waals surface area contributed by atoms with Gasteiger partial charge in [0, 0.05) is 0 Å². The Labute approximate surface area is 90.1 Å². The molecule has 0 amide bonds. The molecule has 0 radical (unpaired) electrons. The summed E-state index contributed by atoms with van der Waals surface area (Å²) in [6, 6.07) is 0. The molecule has 0 aliphatic rings. The molecule has 94 valence electrons. The van der Waals surface area contributed by atoms with Crippen LogP contribution in [0.5, 0.6) is 0 Å². The molecule has 0 spiro atoms. The zero-order valence-electron chi connectivity index (χ0n) is 9.13. The van der Waals surface area contributed by atoms with Gasteiger partial charge in [0.2, 0.25) is 0 Å². The van der Waals surface area contributed by atoms with Crippen LogP contribution in [0, 0.1) is 0 Å². The summed E-state index contributed by atoms with van der Waals surface area (Å²) in [5.74, 6) is 0. The van der Waals surface area contributed by atoms with Crippen molar-refractivity contribution in [3.63, 3.8) is 0 Å². The Hall–Kier alpha value is -0.240. The minimum Gasteiger partial charge on any atom is -0.394 e. The molecule has 0 saturated heterocycles. The van der Waals surface area contributed by atoms with E-state index in [2.05, 4.69) is 0 Å². The van der Waals surface area contributed by atoms with Crippen molar-refractivity contribution in [2.75, 3.05) is 39.6 Å². The largest absolute Gasteiger partial charge is 0.394 e. The molecule has 0 fully saturated rings. The molecule has 0 saturated carbocycles. The predicted molar refractivity (Wildman–Crippen MR) is 54.3 cm³/mol. The zero-order valence-corrected chi connectivity index (χ0v) is 9.13. The highest BCUT2D eigenvalue weighted by Gasteiger charge is 1.86. The van der Waals surface area contributed by atoms with Crippen LogP contribution in [-0.4, -0.2) is 66.4 Å². The first-order chi connectivity index (χ1) is 7.18. The molecule has 0 rings (SSSR count). The Morgan fingerprint density at radius 3 is 1.40 bits per heavy atom. The van der Waals surface area contributed by atoms with Crippen molar-refractivity contribution in [1.29, 1.82) is 0 Å². The summed E-state index contributed by atoms with van der Waals surface area (Å²) in [6.45, 7) is 3.43. The van der Waals surface area contributed by atoms with Gasteiger partial charge in [0.25, 0.3) is 0 Å². The van der Waals surface area contributed by atoms with Gasteiger partial charge < -0.3 is 29.9 Å². The maximum atomic E-state index is 8.26. The first-order valence-corrected chi connectivity index (χ1v) is 4.92. The van der Waals surface area contributed by atoms with E-state index >= 15 is 0 Å². The molecule has 15 heavy (non-hydrogen) atoms. The summed E-state index contributed by atoms with van der Waals surface area (Å²) in [7, 11) is 0. The lowest BCUT2D eigenvalue weighted by Crippen LogP contribution is -2.09. The van der Waals surface area contributed by atoms with Crippen molar-refractivity contribution in [3.05, 3.63) is 0 Å². The van der Waals surface area contributed by atoms with E-state index in [1.54, 1.807) is 6.92 Å². The molecule has 0 aliphatic heterocycles. The Morgan fingerprint density at radius 1 is 0.867 bits per heavy atom. The first kappa shape index (κ1) is 17.2. The third-order valence-electron chi connectivity index (χ3n) is 1.21.